The molecule has 0 fully saturated rings. The molecule has 0 rings (SSSR count). The van der Waals surface area contributed by atoms with Crippen LogP contribution < -0.4 is 18.9 Å². The van der Waals surface area contributed by atoms with Crippen LogP contribution in [0.4, 0.5) is 13.2 Å². The molecule has 0 atom stereocenters. The first-order valence-electron chi connectivity index (χ1n) is 2.60. The van der Waals surface area contributed by atoms with Crippen molar-refractivity contribution in [3.63, 3.8) is 0 Å². The number of sulfone groups is 1. The molecule has 0 amide bonds. The van der Waals surface area contributed by atoms with E-state index in [-0.39, 0.29) is 26.7 Å². The van der Waals surface area contributed by atoms with Crippen molar-refractivity contribution in [1.29, 1.82) is 0 Å². The Morgan fingerprint density at radius 1 is 1.36 bits per heavy atom. The van der Waals surface area contributed by atoms with Crippen molar-refractivity contribution in [3.05, 3.63) is 0 Å². The van der Waals surface area contributed by atoms with Crippen molar-refractivity contribution in [3.8, 4) is 0 Å². The van der Waals surface area contributed by atoms with Crippen LogP contribution in [0.2, 0.25) is 0 Å². The van der Waals surface area contributed by atoms with E-state index in [1.807, 2.05) is 0 Å². The Morgan fingerprint density at radius 2 is 1.73 bits per heavy atom. The van der Waals surface area contributed by atoms with Crippen molar-refractivity contribution in [2.75, 3.05) is 5.75 Å². The Hall–Kier alpha value is 0.337. The number of rotatable bonds is 2. The Morgan fingerprint density at radius 3 is 1.82 bits per heavy atom. The molecule has 64 valence electrons. The average Bonchev–Trinajstić information content (AvgIpc) is 1.61. The van der Waals surface area contributed by atoms with Gasteiger partial charge in [0.15, 0.2) is 0 Å². The monoisotopic (exact) mass is 184 g/mol. The fraction of sp³-hybridized carbons (Fsp3) is 1.00. The second kappa shape index (κ2) is 4.38. The number of halogens is 3. The summed E-state index contributed by atoms with van der Waals surface area (Å²) in [6, 6.07) is 0. The van der Waals surface area contributed by atoms with E-state index in [0.29, 0.717) is 0 Å². The zero-order valence-corrected chi connectivity index (χ0v) is 7.09. The molecular weight excluding hydrogens is 176 g/mol. The fourth-order valence-corrected chi connectivity index (χ4v) is 1.15. The van der Waals surface area contributed by atoms with E-state index < -0.39 is 21.1 Å². The molecule has 0 bridgehead atoms. The van der Waals surface area contributed by atoms with Gasteiger partial charge in [-0.1, -0.05) is 6.92 Å². The van der Waals surface area contributed by atoms with Gasteiger partial charge in [0, 0.05) is 0 Å². The topological polar surface area (TPSA) is 34.1 Å². The summed E-state index contributed by atoms with van der Waals surface area (Å²) in [6.45, 7) is 1.38. The zero-order valence-electron chi connectivity index (χ0n) is 7.27. The van der Waals surface area contributed by atoms with E-state index in [1.54, 1.807) is 0 Å². The van der Waals surface area contributed by atoms with Crippen LogP contribution in [0.25, 0.3) is 0 Å². The second-order valence-electron chi connectivity index (χ2n) is 1.76. The summed E-state index contributed by atoms with van der Waals surface area (Å²) in [6.07, 6.45) is -0.0121. The molecule has 0 radical (unpaired) electrons. The average molecular weight is 184 g/mol. The van der Waals surface area contributed by atoms with Gasteiger partial charge in [-0.25, -0.2) is 8.42 Å². The van der Waals surface area contributed by atoms with Crippen molar-refractivity contribution in [2.45, 2.75) is 18.9 Å². The van der Waals surface area contributed by atoms with Crippen molar-refractivity contribution < 1.29 is 41.9 Å². The molecule has 7 heteroatoms. The van der Waals surface area contributed by atoms with E-state index in [9.17, 15) is 21.6 Å². The predicted octanol–water partition coefficient (Wildman–Crippen LogP) is -1.55. The van der Waals surface area contributed by atoms with E-state index in [0.717, 1.165) is 0 Å². The van der Waals surface area contributed by atoms with Crippen LogP contribution in [-0.4, -0.2) is 19.7 Å². The van der Waals surface area contributed by atoms with E-state index in [2.05, 4.69) is 0 Å². The van der Waals surface area contributed by atoms with Crippen LogP contribution in [0.1, 0.15) is 14.8 Å². The summed E-state index contributed by atoms with van der Waals surface area (Å²) in [7, 11) is -4.85. The maximum Gasteiger partial charge on any atom is 1.00 e. The molecule has 0 aliphatic rings. The van der Waals surface area contributed by atoms with Crippen molar-refractivity contribution in [1.82, 2.24) is 0 Å². The minimum Gasteiger partial charge on any atom is -1.00 e. The summed E-state index contributed by atoms with van der Waals surface area (Å²) in [5.74, 6) is -0.823. The van der Waals surface area contributed by atoms with Crippen LogP contribution >= 0.6 is 0 Å². The van der Waals surface area contributed by atoms with Crippen LogP contribution in [-0.2, 0) is 9.84 Å². The van der Waals surface area contributed by atoms with Crippen LogP contribution in [0.5, 0.6) is 0 Å². The van der Waals surface area contributed by atoms with Gasteiger partial charge < -0.3 is 1.43 Å². The number of hydrogen-bond donors (Lipinski definition) is 0. The van der Waals surface area contributed by atoms with Gasteiger partial charge in [-0.3, -0.25) is 0 Å². The van der Waals surface area contributed by atoms with Crippen LogP contribution in [0.15, 0.2) is 0 Å². The molecule has 0 N–H and O–H groups in total. The third kappa shape index (κ3) is 4.04. The first-order valence-corrected chi connectivity index (χ1v) is 4.25. The van der Waals surface area contributed by atoms with E-state index in [4.69, 9.17) is 0 Å². The summed E-state index contributed by atoms with van der Waals surface area (Å²) in [5.41, 5.74) is -5.08. The standard InChI is InChI=1S/C4H7F3O2S.Li.H/c1-2-3-10(8,9)4(5,6)7;;/h2-3H2,1H3;;/q;+1;-1. The molecule has 0 aliphatic carbocycles. The SMILES string of the molecule is CCCS(=O)(=O)C(F)(F)F.[H-].[Li+]. The van der Waals surface area contributed by atoms with Gasteiger partial charge in [-0.2, -0.15) is 13.2 Å². The van der Waals surface area contributed by atoms with Gasteiger partial charge in [-0.15, -0.1) is 0 Å². The maximum absolute atomic E-state index is 11.4. The first kappa shape index (κ1) is 13.9. The van der Waals surface area contributed by atoms with Gasteiger partial charge in [0.2, 0.25) is 9.84 Å². The van der Waals surface area contributed by atoms with Gasteiger partial charge in [0.05, 0.1) is 5.75 Å². The van der Waals surface area contributed by atoms with Crippen molar-refractivity contribution >= 4 is 9.84 Å². The third-order valence-corrected chi connectivity index (χ3v) is 2.48. The van der Waals surface area contributed by atoms with Crippen LogP contribution in [0.3, 0.4) is 0 Å². The Kier molecular flexibility index (Phi) is 5.54. The Balaban J connectivity index is -0.000000405. The molecule has 11 heavy (non-hydrogen) atoms. The quantitative estimate of drug-likeness (QED) is 0.487. The van der Waals surface area contributed by atoms with Gasteiger partial charge in [0.1, 0.15) is 0 Å². The predicted molar refractivity (Wildman–Crippen MR) is 31.2 cm³/mol. The fourth-order valence-electron chi connectivity index (χ4n) is 0.384. The Bertz CT molecular complexity index is 201. The van der Waals surface area contributed by atoms with Crippen molar-refractivity contribution in [2.24, 2.45) is 0 Å². The molecule has 0 saturated heterocycles. The van der Waals surface area contributed by atoms with E-state index >= 15 is 0 Å². The summed E-state index contributed by atoms with van der Waals surface area (Å²) >= 11 is 0. The summed E-state index contributed by atoms with van der Waals surface area (Å²) in [4.78, 5) is 0. The summed E-state index contributed by atoms with van der Waals surface area (Å²) in [5, 5.41) is 0. The first-order chi connectivity index (χ1) is 4.31. The molecule has 0 aliphatic heterocycles. The van der Waals surface area contributed by atoms with Gasteiger partial charge >= 0.3 is 24.4 Å². The number of hydrogen-bond acceptors (Lipinski definition) is 2. The molecule has 0 heterocycles. The Labute approximate surface area is 76.7 Å². The minimum absolute atomic E-state index is 0. The smallest absolute Gasteiger partial charge is 1.00 e. The maximum atomic E-state index is 11.4. The van der Waals surface area contributed by atoms with Crippen LogP contribution in [0, 0.1) is 0 Å². The molecule has 0 unspecified atom stereocenters. The zero-order chi connectivity index (χ0) is 8.41. The second-order valence-corrected chi connectivity index (χ2v) is 3.87. The largest absolute Gasteiger partial charge is 1.00 e. The minimum atomic E-state index is -5.08. The van der Waals surface area contributed by atoms with Gasteiger partial charge in [0.25, 0.3) is 0 Å². The summed E-state index contributed by atoms with van der Waals surface area (Å²) < 4.78 is 54.6. The molecule has 0 aromatic rings. The van der Waals surface area contributed by atoms with E-state index in [1.165, 1.54) is 6.92 Å². The molecule has 2 nitrogen and oxygen atoms in total. The number of alkyl halides is 3. The molecule has 0 aromatic carbocycles. The molecule has 0 spiro atoms. The third-order valence-electron chi connectivity index (χ3n) is 0.825. The normalized spacial score (nSPS) is 12.4. The molecule has 0 aromatic heterocycles. The van der Waals surface area contributed by atoms with Gasteiger partial charge in [-0.05, 0) is 6.42 Å². The molecular formula is C4H8F3LiO2S. The molecule has 0 saturated carbocycles.